The second kappa shape index (κ2) is 9.94. The molecular formula is C24H28FN3O3. The van der Waals surface area contributed by atoms with Crippen LogP contribution in [0.4, 0.5) is 4.39 Å². The van der Waals surface area contributed by atoms with Gasteiger partial charge in [0.1, 0.15) is 11.9 Å². The number of H-pyrrole nitrogens is 1. The van der Waals surface area contributed by atoms with Crippen molar-refractivity contribution in [2.45, 2.75) is 26.0 Å². The zero-order chi connectivity index (χ0) is 21.6. The summed E-state index contributed by atoms with van der Waals surface area (Å²) in [7, 11) is 1.71. The van der Waals surface area contributed by atoms with E-state index in [9.17, 15) is 4.39 Å². The Labute approximate surface area is 181 Å². The molecule has 4 rings (SSSR count). The average molecular weight is 426 g/mol. The molecule has 1 atom stereocenters. The fourth-order valence-corrected chi connectivity index (χ4v) is 3.75. The molecule has 1 saturated heterocycles. The molecule has 0 aliphatic carbocycles. The van der Waals surface area contributed by atoms with Crippen LogP contribution < -0.4 is 9.47 Å². The van der Waals surface area contributed by atoms with Crippen LogP contribution in [-0.2, 0) is 17.7 Å². The standard InChI is InChI=1S/C24H28FN3O3/c1-17-7-8-18(23(13-17)29-2)15-28-10-12-31-24(16-28)21-14-19(26-27-21)9-11-30-22-6-4-3-5-20(22)25/h3-8,13-14,24H,9-12,15-16H2,1-2H3,(H,26,27)/t24-/m1/s1. The van der Waals surface area contributed by atoms with Crippen LogP contribution in [0, 0.1) is 12.7 Å². The number of benzene rings is 2. The van der Waals surface area contributed by atoms with Gasteiger partial charge in [0.15, 0.2) is 11.6 Å². The molecule has 164 valence electrons. The summed E-state index contributed by atoms with van der Waals surface area (Å²) in [5.74, 6) is 0.827. The van der Waals surface area contributed by atoms with Gasteiger partial charge in [-0.2, -0.15) is 5.10 Å². The Bertz CT molecular complexity index is 1010. The molecule has 0 bridgehead atoms. The lowest BCUT2D eigenvalue weighted by Gasteiger charge is -2.32. The highest BCUT2D eigenvalue weighted by Gasteiger charge is 2.25. The number of hydrogen-bond donors (Lipinski definition) is 1. The first kappa shape index (κ1) is 21.3. The van der Waals surface area contributed by atoms with Gasteiger partial charge in [-0.25, -0.2) is 4.39 Å². The summed E-state index contributed by atoms with van der Waals surface area (Å²) in [4.78, 5) is 2.36. The average Bonchev–Trinajstić information content (AvgIpc) is 3.25. The minimum absolute atomic E-state index is 0.0947. The Morgan fingerprint density at radius 1 is 1.19 bits per heavy atom. The fraction of sp³-hybridized carbons (Fsp3) is 0.375. The third-order valence-corrected chi connectivity index (χ3v) is 5.43. The van der Waals surface area contributed by atoms with Crippen LogP contribution in [0.5, 0.6) is 11.5 Å². The van der Waals surface area contributed by atoms with Crippen LogP contribution in [0.15, 0.2) is 48.5 Å². The molecule has 6 nitrogen and oxygen atoms in total. The van der Waals surface area contributed by atoms with E-state index in [4.69, 9.17) is 14.2 Å². The monoisotopic (exact) mass is 425 g/mol. The highest BCUT2D eigenvalue weighted by Crippen LogP contribution is 2.26. The van der Waals surface area contributed by atoms with Gasteiger partial charge >= 0.3 is 0 Å². The van der Waals surface area contributed by atoms with Crippen LogP contribution in [-0.4, -0.2) is 48.5 Å². The highest BCUT2D eigenvalue weighted by atomic mass is 19.1. The van der Waals surface area contributed by atoms with Crippen molar-refractivity contribution in [3.8, 4) is 11.5 Å². The van der Waals surface area contributed by atoms with Gasteiger partial charge in [0.05, 0.1) is 26.0 Å². The Morgan fingerprint density at radius 2 is 2.06 bits per heavy atom. The van der Waals surface area contributed by atoms with Crippen molar-refractivity contribution in [1.29, 1.82) is 0 Å². The first-order valence-corrected chi connectivity index (χ1v) is 10.5. The lowest BCUT2D eigenvalue weighted by molar-refractivity contribution is -0.0351. The number of halogens is 1. The summed E-state index contributed by atoms with van der Waals surface area (Å²) in [6.45, 7) is 5.50. The summed E-state index contributed by atoms with van der Waals surface area (Å²) < 4.78 is 30.7. The fourth-order valence-electron chi connectivity index (χ4n) is 3.75. The van der Waals surface area contributed by atoms with Crippen molar-refractivity contribution in [3.63, 3.8) is 0 Å². The maximum atomic E-state index is 13.6. The topological polar surface area (TPSA) is 59.6 Å². The first-order chi connectivity index (χ1) is 15.1. The van der Waals surface area contributed by atoms with Crippen LogP contribution in [0.2, 0.25) is 0 Å². The summed E-state index contributed by atoms with van der Waals surface area (Å²) in [5.41, 5.74) is 4.17. The van der Waals surface area contributed by atoms with Gasteiger partial charge in [0.2, 0.25) is 0 Å². The van der Waals surface area contributed by atoms with E-state index in [1.807, 2.05) is 6.07 Å². The molecule has 1 fully saturated rings. The molecule has 0 radical (unpaired) electrons. The van der Waals surface area contributed by atoms with Crippen LogP contribution in [0.3, 0.4) is 0 Å². The van der Waals surface area contributed by atoms with Gasteiger partial charge in [-0.05, 0) is 36.8 Å². The number of rotatable bonds is 8. The van der Waals surface area contributed by atoms with Gasteiger partial charge in [-0.1, -0.05) is 24.3 Å². The van der Waals surface area contributed by atoms with Crippen LogP contribution >= 0.6 is 0 Å². The Morgan fingerprint density at radius 3 is 2.90 bits per heavy atom. The Kier molecular flexibility index (Phi) is 6.84. The molecule has 0 unspecified atom stereocenters. The number of aryl methyl sites for hydroxylation is 1. The van der Waals surface area contributed by atoms with Crippen molar-refractivity contribution in [1.82, 2.24) is 15.1 Å². The Balaban J connectivity index is 1.33. The summed E-state index contributed by atoms with van der Waals surface area (Å²) in [6.07, 6.45) is 0.515. The van der Waals surface area contributed by atoms with Crippen molar-refractivity contribution < 1.29 is 18.6 Å². The van der Waals surface area contributed by atoms with E-state index in [-0.39, 0.29) is 17.7 Å². The molecule has 0 saturated carbocycles. The number of hydrogen-bond acceptors (Lipinski definition) is 5. The number of morpholine rings is 1. The molecule has 1 aromatic heterocycles. The maximum Gasteiger partial charge on any atom is 0.165 e. The number of ether oxygens (including phenoxy) is 3. The van der Waals surface area contributed by atoms with E-state index in [1.165, 1.54) is 17.2 Å². The summed E-state index contributed by atoms with van der Waals surface area (Å²) in [6, 6.07) is 14.7. The van der Waals surface area contributed by atoms with Crippen molar-refractivity contribution in [3.05, 3.63) is 76.9 Å². The number of para-hydroxylation sites is 1. The molecule has 31 heavy (non-hydrogen) atoms. The van der Waals surface area contributed by atoms with Gasteiger partial charge in [-0.15, -0.1) is 0 Å². The van der Waals surface area contributed by atoms with Gasteiger partial charge in [0.25, 0.3) is 0 Å². The Hall–Kier alpha value is -2.90. The molecule has 7 heteroatoms. The third kappa shape index (κ3) is 5.42. The maximum absolute atomic E-state index is 13.6. The molecule has 0 spiro atoms. The van der Waals surface area contributed by atoms with Crippen molar-refractivity contribution >= 4 is 0 Å². The lowest BCUT2D eigenvalue weighted by Crippen LogP contribution is -2.38. The van der Waals surface area contributed by atoms with E-state index >= 15 is 0 Å². The molecule has 0 amide bonds. The lowest BCUT2D eigenvalue weighted by atomic mass is 10.1. The van der Waals surface area contributed by atoms with Crippen molar-refractivity contribution in [2.75, 3.05) is 33.4 Å². The number of aromatic amines is 1. The van der Waals surface area contributed by atoms with E-state index < -0.39 is 0 Å². The van der Waals surface area contributed by atoms with E-state index in [2.05, 4.69) is 40.2 Å². The summed E-state index contributed by atoms with van der Waals surface area (Å²) >= 11 is 0. The number of methoxy groups -OCH3 is 1. The predicted molar refractivity (Wildman–Crippen MR) is 116 cm³/mol. The first-order valence-electron chi connectivity index (χ1n) is 10.5. The summed E-state index contributed by atoms with van der Waals surface area (Å²) in [5, 5.41) is 7.49. The third-order valence-electron chi connectivity index (χ3n) is 5.43. The number of aromatic nitrogens is 2. The molecule has 3 aromatic rings. The zero-order valence-electron chi connectivity index (χ0n) is 17.9. The van der Waals surface area contributed by atoms with Crippen LogP contribution in [0.1, 0.15) is 28.6 Å². The molecule has 2 aromatic carbocycles. The quantitative estimate of drug-likeness (QED) is 0.590. The normalized spacial score (nSPS) is 16.9. The molecular weight excluding hydrogens is 397 g/mol. The number of nitrogens with one attached hydrogen (secondary N) is 1. The zero-order valence-corrected chi connectivity index (χ0v) is 17.9. The SMILES string of the molecule is COc1cc(C)ccc1CN1CCO[C@@H](c2cc(CCOc3ccccc3F)[nH]n2)C1. The molecule has 1 aliphatic heterocycles. The van der Waals surface area contributed by atoms with Crippen LogP contribution in [0.25, 0.3) is 0 Å². The second-order valence-corrected chi connectivity index (χ2v) is 7.76. The predicted octanol–water partition coefficient (Wildman–Crippen LogP) is 4.06. The minimum atomic E-state index is -0.353. The minimum Gasteiger partial charge on any atom is -0.496 e. The number of nitrogens with zero attached hydrogens (tertiary/aromatic N) is 2. The van der Waals surface area contributed by atoms with E-state index in [0.717, 1.165) is 36.8 Å². The molecule has 1 N–H and O–H groups in total. The van der Waals surface area contributed by atoms with Gasteiger partial charge in [-0.3, -0.25) is 10.00 Å². The highest BCUT2D eigenvalue weighted by molar-refractivity contribution is 5.37. The van der Waals surface area contributed by atoms with Crippen molar-refractivity contribution in [2.24, 2.45) is 0 Å². The molecule has 1 aliphatic rings. The van der Waals surface area contributed by atoms with Gasteiger partial charge in [0, 0.05) is 37.3 Å². The second-order valence-electron chi connectivity index (χ2n) is 7.76. The smallest absolute Gasteiger partial charge is 0.165 e. The molecule has 2 heterocycles. The van der Waals surface area contributed by atoms with E-state index in [0.29, 0.717) is 19.6 Å². The van der Waals surface area contributed by atoms with Gasteiger partial charge < -0.3 is 14.2 Å². The largest absolute Gasteiger partial charge is 0.496 e. The van der Waals surface area contributed by atoms with E-state index in [1.54, 1.807) is 25.3 Å².